The molecule has 0 bridgehead atoms. The molecule has 2 heterocycles. The third kappa shape index (κ3) is 2.42. The van der Waals surface area contributed by atoms with Gasteiger partial charge in [-0.15, -0.1) is 11.8 Å². The number of hydrogen-bond donors (Lipinski definition) is 5. The summed E-state index contributed by atoms with van der Waals surface area (Å²) in [5, 5.41) is 39.5. The van der Waals surface area contributed by atoms with Gasteiger partial charge in [-0.25, -0.2) is 0 Å². The summed E-state index contributed by atoms with van der Waals surface area (Å²) in [6, 6.07) is -0.675. The highest BCUT2D eigenvalue weighted by Gasteiger charge is 2.48. The molecule has 6 atom stereocenters. The number of aliphatic hydroxyl groups is 3. The van der Waals surface area contributed by atoms with E-state index in [1.807, 2.05) is 0 Å². The Morgan fingerprint density at radius 3 is 2.59 bits per heavy atom. The predicted octanol–water partition coefficient (Wildman–Crippen LogP) is -2.42. The largest absolute Gasteiger partial charge is 0.480 e. The number of thioether (sulfide) groups is 1. The van der Waals surface area contributed by atoms with E-state index in [-0.39, 0.29) is 6.61 Å². The Hall–Kier alpha value is -0.380. The van der Waals surface area contributed by atoms with E-state index in [9.17, 15) is 15.0 Å². The van der Waals surface area contributed by atoms with Crippen LogP contribution in [0.4, 0.5) is 0 Å². The van der Waals surface area contributed by atoms with E-state index < -0.39 is 41.8 Å². The van der Waals surface area contributed by atoms with Crippen LogP contribution in [0.25, 0.3) is 0 Å². The number of carboxylic acid groups (broad SMARTS) is 1. The number of nitrogens with one attached hydrogen (secondary N) is 1. The molecule has 0 aromatic carbocycles. The zero-order chi connectivity index (χ0) is 12.6. The maximum atomic E-state index is 10.8. The van der Waals surface area contributed by atoms with Crippen LogP contribution in [0, 0.1) is 0 Å². The van der Waals surface area contributed by atoms with Crippen molar-refractivity contribution in [3.8, 4) is 0 Å². The van der Waals surface area contributed by atoms with Crippen molar-refractivity contribution in [3.05, 3.63) is 0 Å². The Balaban J connectivity index is 1.98. The maximum Gasteiger partial charge on any atom is 0.321 e. The Labute approximate surface area is 102 Å². The molecule has 98 valence electrons. The number of hydrogen-bond acceptors (Lipinski definition) is 7. The molecule has 2 saturated heterocycles. The first-order valence-corrected chi connectivity index (χ1v) is 6.32. The smallest absolute Gasteiger partial charge is 0.321 e. The molecule has 0 aromatic heterocycles. The van der Waals surface area contributed by atoms with Gasteiger partial charge in [0.15, 0.2) is 0 Å². The third-order valence-corrected chi connectivity index (χ3v) is 4.27. The molecule has 0 radical (unpaired) electrons. The van der Waals surface area contributed by atoms with Crippen molar-refractivity contribution in [2.75, 3.05) is 12.4 Å². The Morgan fingerprint density at radius 1 is 1.41 bits per heavy atom. The van der Waals surface area contributed by atoms with E-state index in [1.54, 1.807) is 0 Å². The third-order valence-electron chi connectivity index (χ3n) is 2.98. The van der Waals surface area contributed by atoms with Gasteiger partial charge in [0.1, 0.15) is 30.5 Å². The summed E-state index contributed by atoms with van der Waals surface area (Å²) in [6.07, 6.45) is -3.79. The van der Waals surface area contributed by atoms with Gasteiger partial charge in [0.2, 0.25) is 0 Å². The van der Waals surface area contributed by atoms with Gasteiger partial charge in [-0.3, -0.25) is 10.1 Å². The molecule has 2 rings (SSSR count). The minimum atomic E-state index is -1.14. The van der Waals surface area contributed by atoms with E-state index in [4.69, 9.17) is 14.9 Å². The summed E-state index contributed by atoms with van der Waals surface area (Å²) < 4.78 is 5.32. The van der Waals surface area contributed by atoms with Crippen molar-refractivity contribution in [3.63, 3.8) is 0 Å². The van der Waals surface area contributed by atoms with Gasteiger partial charge < -0.3 is 25.2 Å². The van der Waals surface area contributed by atoms with Gasteiger partial charge in [-0.05, 0) is 0 Å². The molecule has 5 N–H and O–H groups in total. The maximum absolute atomic E-state index is 10.8. The first-order valence-electron chi connectivity index (χ1n) is 5.27. The van der Waals surface area contributed by atoms with Gasteiger partial charge in [0.05, 0.1) is 12.0 Å². The second-order valence-electron chi connectivity index (χ2n) is 4.11. The average Bonchev–Trinajstić information content (AvgIpc) is 2.87. The van der Waals surface area contributed by atoms with Crippen LogP contribution in [0.15, 0.2) is 0 Å². The standard InChI is InChI=1S/C9H15NO6S/c11-1-4-5(12)6(13)7(16-4)8-10-3(2-17-8)9(14)15/h3-8,10-13H,1-2H2,(H,14,15)/t3?,4-,5-,6-,7?,8?/m1/s1. The lowest BCUT2D eigenvalue weighted by molar-refractivity contribution is -0.138. The van der Waals surface area contributed by atoms with Crippen molar-refractivity contribution in [2.24, 2.45) is 0 Å². The molecule has 0 aliphatic carbocycles. The molecule has 2 aliphatic rings. The lowest BCUT2D eigenvalue weighted by Gasteiger charge is -2.21. The molecule has 3 unspecified atom stereocenters. The minimum Gasteiger partial charge on any atom is -0.480 e. The summed E-state index contributed by atoms with van der Waals surface area (Å²) in [5.74, 6) is -0.571. The molecule has 0 spiro atoms. The van der Waals surface area contributed by atoms with Crippen LogP contribution in [0.2, 0.25) is 0 Å². The number of carbonyl (C=O) groups is 1. The highest BCUT2D eigenvalue weighted by molar-refractivity contribution is 8.00. The molecule has 2 fully saturated rings. The van der Waals surface area contributed by atoms with E-state index in [0.29, 0.717) is 5.75 Å². The first-order chi connectivity index (χ1) is 8.04. The number of aliphatic carboxylic acids is 1. The van der Waals surface area contributed by atoms with E-state index in [0.717, 1.165) is 0 Å². The molecular formula is C9H15NO6S. The van der Waals surface area contributed by atoms with Crippen LogP contribution in [0.3, 0.4) is 0 Å². The van der Waals surface area contributed by atoms with Gasteiger partial charge in [-0.2, -0.15) is 0 Å². The summed E-state index contributed by atoms with van der Waals surface area (Å²) in [5.41, 5.74) is 0. The Kier molecular flexibility index (Phi) is 3.91. The van der Waals surface area contributed by atoms with Crippen LogP contribution in [0.5, 0.6) is 0 Å². The summed E-state index contributed by atoms with van der Waals surface area (Å²) in [7, 11) is 0. The monoisotopic (exact) mass is 265 g/mol. The fourth-order valence-corrected chi connectivity index (χ4v) is 3.32. The number of ether oxygens (including phenoxy) is 1. The second kappa shape index (κ2) is 5.09. The van der Waals surface area contributed by atoms with Gasteiger partial charge in [0, 0.05) is 5.75 Å². The van der Waals surface area contributed by atoms with E-state index >= 15 is 0 Å². The number of rotatable bonds is 3. The zero-order valence-corrected chi connectivity index (χ0v) is 9.71. The van der Waals surface area contributed by atoms with Crippen molar-refractivity contribution in [2.45, 2.75) is 35.8 Å². The van der Waals surface area contributed by atoms with Crippen molar-refractivity contribution in [1.29, 1.82) is 0 Å². The van der Waals surface area contributed by atoms with E-state index in [2.05, 4.69) is 5.32 Å². The molecule has 7 nitrogen and oxygen atoms in total. The van der Waals surface area contributed by atoms with Crippen molar-refractivity contribution < 1.29 is 30.0 Å². The normalized spacial score (nSPS) is 46.3. The zero-order valence-electron chi connectivity index (χ0n) is 8.89. The minimum absolute atomic E-state index is 0.380. The Morgan fingerprint density at radius 2 is 2.12 bits per heavy atom. The van der Waals surface area contributed by atoms with Crippen LogP contribution in [-0.4, -0.2) is 74.6 Å². The molecular weight excluding hydrogens is 250 g/mol. The SMILES string of the molecule is O=C(O)C1CSC(C2O[C@H](CO)[C@@H](O)[C@H]2O)N1. The quantitative estimate of drug-likeness (QED) is 0.382. The topological polar surface area (TPSA) is 119 Å². The van der Waals surface area contributed by atoms with Crippen LogP contribution in [0.1, 0.15) is 0 Å². The number of aliphatic hydroxyl groups excluding tert-OH is 3. The summed E-state index contributed by atoms with van der Waals surface area (Å²) >= 11 is 1.32. The molecule has 0 aromatic rings. The lowest BCUT2D eigenvalue weighted by Crippen LogP contribution is -2.46. The summed E-state index contributed by atoms with van der Waals surface area (Å²) in [4.78, 5) is 10.8. The summed E-state index contributed by atoms with van der Waals surface area (Å²) in [6.45, 7) is -0.380. The molecule has 2 aliphatic heterocycles. The molecule has 0 amide bonds. The fourth-order valence-electron chi connectivity index (χ4n) is 2.01. The van der Waals surface area contributed by atoms with Gasteiger partial charge in [0.25, 0.3) is 0 Å². The average molecular weight is 265 g/mol. The molecule has 8 heteroatoms. The fraction of sp³-hybridized carbons (Fsp3) is 0.889. The molecule has 0 saturated carbocycles. The first kappa shape index (κ1) is 13.1. The van der Waals surface area contributed by atoms with Gasteiger partial charge in [-0.1, -0.05) is 0 Å². The van der Waals surface area contributed by atoms with Crippen LogP contribution in [-0.2, 0) is 9.53 Å². The van der Waals surface area contributed by atoms with Crippen molar-refractivity contribution in [1.82, 2.24) is 5.32 Å². The second-order valence-corrected chi connectivity index (χ2v) is 5.29. The predicted molar refractivity (Wildman–Crippen MR) is 58.6 cm³/mol. The van der Waals surface area contributed by atoms with Crippen LogP contribution < -0.4 is 5.32 Å². The molecule has 17 heavy (non-hydrogen) atoms. The highest BCUT2D eigenvalue weighted by atomic mass is 32.2. The van der Waals surface area contributed by atoms with Crippen molar-refractivity contribution >= 4 is 17.7 Å². The lowest BCUT2D eigenvalue weighted by atomic mass is 10.1. The van der Waals surface area contributed by atoms with E-state index in [1.165, 1.54) is 11.8 Å². The highest BCUT2D eigenvalue weighted by Crippen LogP contribution is 2.31. The number of carboxylic acids is 1. The van der Waals surface area contributed by atoms with Gasteiger partial charge >= 0.3 is 5.97 Å². The van der Waals surface area contributed by atoms with Crippen LogP contribution >= 0.6 is 11.8 Å². The Bertz CT molecular complexity index is 303.